The highest BCUT2D eigenvalue weighted by atomic mass is 16.2. The van der Waals surface area contributed by atoms with Crippen molar-refractivity contribution in [1.82, 2.24) is 14.8 Å². The molecule has 0 bridgehead atoms. The number of aryl methyl sites for hydroxylation is 2. The van der Waals surface area contributed by atoms with Crippen LogP contribution in [-0.2, 0) is 13.0 Å². The van der Waals surface area contributed by atoms with Crippen LogP contribution in [0.4, 0.5) is 16.3 Å². The Morgan fingerprint density at radius 3 is 2.80 bits per heavy atom. The highest BCUT2D eigenvalue weighted by Crippen LogP contribution is 2.11. The summed E-state index contributed by atoms with van der Waals surface area (Å²) in [6.45, 7) is 0.706. The van der Waals surface area contributed by atoms with Crippen molar-refractivity contribution in [2.45, 2.75) is 13.0 Å². The highest BCUT2D eigenvalue weighted by Gasteiger charge is 2.06. The molecule has 1 aromatic carbocycles. The number of rotatable bonds is 5. The van der Waals surface area contributed by atoms with E-state index in [-0.39, 0.29) is 0 Å². The summed E-state index contributed by atoms with van der Waals surface area (Å²) >= 11 is 0. The van der Waals surface area contributed by atoms with E-state index in [2.05, 4.69) is 20.7 Å². The maximum Gasteiger partial charge on any atom is 0.324 e. The summed E-state index contributed by atoms with van der Waals surface area (Å²) in [4.78, 5) is 16.0. The van der Waals surface area contributed by atoms with Gasteiger partial charge in [0.05, 0.1) is 11.6 Å². The molecular weight excluding hydrogens is 316 g/mol. The Morgan fingerprint density at radius 2 is 2.00 bits per heavy atom. The molecule has 0 radical (unpaired) electrons. The average Bonchev–Trinajstić information content (AvgIpc) is 3.08. The minimum Gasteiger partial charge on any atom is -0.308 e. The van der Waals surface area contributed by atoms with Crippen molar-refractivity contribution in [1.29, 1.82) is 5.26 Å². The van der Waals surface area contributed by atoms with E-state index in [1.165, 1.54) is 5.56 Å². The second-order valence-electron chi connectivity index (χ2n) is 5.34. The number of nitriles is 1. The van der Waals surface area contributed by atoms with E-state index in [0.29, 0.717) is 23.6 Å². The average molecular weight is 332 g/mol. The number of urea groups is 1. The van der Waals surface area contributed by atoms with E-state index in [4.69, 9.17) is 5.26 Å². The van der Waals surface area contributed by atoms with E-state index < -0.39 is 6.03 Å². The summed E-state index contributed by atoms with van der Waals surface area (Å²) in [5.74, 6) is 0.462. The zero-order valence-electron chi connectivity index (χ0n) is 13.4. The van der Waals surface area contributed by atoms with Gasteiger partial charge in [0.1, 0.15) is 0 Å². The van der Waals surface area contributed by atoms with E-state index in [1.54, 1.807) is 47.4 Å². The summed E-state index contributed by atoms with van der Waals surface area (Å²) in [5, 5.41) is 18.5. The Labute approximate surface area is 144 Å². The third kappa shape index (κ3) is 4.65. The largest absolute Gasteiger partial charge is 0.324 e. The summed E-state index contributed by atoms with van der Waals surface area (Å²) in [6.07, 6.45) is 6.16. The van der Waals surface area contributed by atoms with Crippen molar-refractivity contribution < 1.29 is 4.79 Å². The standard InChI is InChI=1S/C18H16N6O/c19-13-15-2-1-3-16(12-15)21-18(25)22-17-7-11-24(23-17)10-6-14-4-8-20-9-5-14/h1-5,7-9,11-12H,6,10H2,(H2,21,22,23,25). The second-order valence-corrected chi connectivity index (χ2v) is 5.34. The zero-order valence-corrected chi connectivity index (χ0v) is 13.4. The minimum absolute atomic E-state index is 0.408. The third-order valence-corrected chi connectivity index (χ3v) is 3.51. The number of carbonyl (C=O) groups is 1. The third-order valence-electron chi connectivity index (χ3n) is 3.51. The molecule has 0 aliphatic rings. The number of aromatic nitrogens is 3. The number of hydrogen-bond donors (Lipinski definition) is 2. The normalized spacial score (nSPS) is 10.0. The molecule has 0 unspecified atom stereocenters. The molecule has 7 nitrogen and oxygen atoms in total. The van der Waals surface area contributed by atoms with Crippen molar-refractivity contribution in [3.05, 3.63) is 72.2 Å². The van der Waals surface area contributed by atoms with Gasteiger partial charge < -0.3 is 5.32 Å². The number of benzene rings is 1. The fraction of sp³-hybridized carbons (Fsp3) is 0.111. The summed E-state index contributed by atoms with van der Waals surface area (Å²) < 4.78 is 1.77. The van der Waals surface area contributed by atoms with Crippen LogP contribution in [0.5, 0.6) is 0 Å². The number of amides is 2. The number of pyridine rings is 1. The number of hydrogen-bond acceptors (Lipinski definition) is 4. The summed E-state index contributed by atoms with van der Waals surface area (Å²) in [6, 6.07) is 14.0. The fourth-order valence-corrected chi connectivity index (χ4v) is 2.29. The van der Waals surface area contributed by atoms with Gasteiger partial charge in [-0.2, -0.15) is 10.4 Å². The van der Waals surface area contributed by atoms with E-state index in [0.717, 1.165) is 6.42 Å². The molecule has 25 heavy (non-hydrogen) atoms. The van der Waals surface area contributed by atoms with Crippen LogP contribution in [0.25, 0.3) is 0 Å². The van der Waals surface area contributed by atoms with E-state index >= 15 is 0 Å². The number of nitrogens with one attached hydrogen (secondary N) is 2. The summed E-state index contributed by atoms with van der Waals surface area (Å²) in [5.41, 5.74) is 2.21. The smallest absolute Gasteiger partial charge is 0.308 e. The second kappa shape index (κ2) is 7.75. The van der Waals surface area contributed by atoms with Gasteiger partial charge in [-0.05, 0) is 42.3 Å². The van der Waals surface area contributed by atoms with Gasteiger partial charge in [-0.1, -0.05) is 6.07 Å². The molecule has 0 saturated carbocycles. The fourth-order valence-electron chi connectivity index (χ4n) is 2.29. The molecule has 0 saturated heterocycles. The Balaban J connectivity index is 1.54. The predicted molar refractivity (Wildman–Crippen MR) is 94.0 cm³/mol. The zero-order chi connectivity index (χ0) is 17.5. The molecule has 2 heterocycles. The molecule has 0 spiro atoms. The van der Waals surface area contributed by atoms with Gasteiger partial charge in [-0.3, -0.25) is 15.0 Å². The number of carbonyl (C=O) groups excluding carboxylic acids is 1. The first kappa shape index (κ1) is 16.2. The maximum atomic E-state index is 12.0. The molecule has 2 amide bonds. The van der Waals surface area contributed by atoms with Crippen LogP contribution in [0, 0.1) is 11.3 Å². The van der Waals surface area contributed by atoms with Crippen molar-refractivity contribution in [3.8, 4) is 6.07 Å². The van der Waals surface area contributed by atoms with Crippen LogP contribution < -0.4 is 10.6 Å². The van der Waals surface area contributed by atoms with E-state index in [9.17, 15) is 4.79 Å². The molecule has 2 N–H and O–H groups in total. The molecule has 0 aliphatic carbocycles. The molecule has 0 atom stereocenters. The Kier molecular flexibility index (Phi) is 5.02. The van der Waals surface area contributed by atoms with Crippen molar-refractivity contribution in [2.24, 2.45) is 0 Å². The quantitative estimate of drug-likeness (QED) is 0.750. The Morgan fingerprint density at radius 1 is 1.16 bits per heavy atom. The topological polar surface area (TPSA) is 95.6 Å². The predicted octanol–water partition coefficient (Wildman–Crippen LogP) is 3.04. The first-order chi connectivity index (χ1) is 12.2. The lowest BCUT2D eigenvalue weighted by Gasteiger charge is -2.06. The van der Waals surface area contributed by atoms with Gasteiger partial charge in [0.15, 0.2) is 5.82 Å². The lowest BCUT2D eigenvalue weighted by Crippen LogP contribution is -2.20. The van der Waals surface area contributed by atoms with Crippen LogP contribution in [0.2, 0.25) is 0 Å². The molecule has 0 fully saturated rings. The Hall–Kier alpha value is -3.66. The van der Waals surface area contributed by atoms with Crippen LogP contribution in [0.3, 0.4) is 0 Å². The molecule has 124 valence electrons. The van der Waals surface area contributed by atoms with Gasteiger partial charge in [-0.25, -0.2) is 4.79 Å². The van der Waals surface area contributed by atoms with Gasteiger partial charge in [0.25, 0.3) is 0 Å². The Bertz CT molecular complexity index is 897. The molecule has 3 rings (SSSR count). The van der Waals surface area contributed by atoms with Crippen LogP contribution in [0.1, 0.15) is 11.1 Å². The van der Waals surface area contributed by atoms with Gasteiger partial charge in [0, 0.05) is 36.9 Å². The van der Waals surface area contributed by atoms with Crippen LogP contribution in [0.15, 0.2) is 61.1 Å². The van der Waals surface area contributed by atoms with E-state index in [1.807, 2.05) is 24.4 Å². The molecule has 2 aromatic heterocycles. The maximum absolute atomic E-state index is 12.0. The van der Waals surface area contributed by atoms with Crippen LogP contribution >= 0.6 is 0 Å². The van der Waals surface area contributed by atoms with Crippen molar-refractivity contribution >= 4 is 17.5 Å². The van der Waals surface area contributed by atoms with Crippen molar-refractivity contribution in [2.75, 3.05) is 10.6 Å². The first-order valence-electron chi connectivity index (χ1n) is 7.73. The number of anilines is 2. The number of nitrogens with zero attached hydrogens (tertiary/aromatic N) is 4. The first-order valence-corrected chi connectivity index (χ1v) is 7.73. The van der Waals surface area contributed by atoms with Crippen LogP contribution in [-0.4, -0.2) is 20.8 Å². The lowest BCUT2D eigenvalue weighted by atomic mass is 10.2. The highest BCUT2D eigenvalue weighted by molar-refractivity contribution is 5.99. The van der Waals surface area contributed by atoms with Gasteiger partial charge >= 0.3 is 6.03 Å². The van der Waals surface area contributed by atoms with Gasteiger partial charge in [-0.15, -0.1) is 0 Å². The minimum atomic E-state index is -0.408. The molecule has 7 heteroatoms. The monoisotopic (exact) mass is 332 g/mol. The molecule has 3 aromatic rings. The lowest BCUT2D eigenvalue weighted by molar-refractivity contribution is 0.262. The molecular formula is C18H16N6O. The molecule has 0 aliphatic heterocycles. The van der Waals surface area contributed by atoms with Gasteiger partial charge in [0.2, 0.25) is 0 Å². The van der Waals surface area contributed by atoms with Crippen molar-refractivity contribution in [3.63, 3.8) is 0 Å². The summed E-state index contributed by atoms with van der Waals surface area (Å²) in [7, 11) is 0. The SMILES string of the molecule is N#Cc1cccc(NC(=O)Nc2ccn(CCc3ccncc3)n2)c1.